The van der Waals surface area contributed by atoms with Crippen molar-refractivity contribution >= 4 is 23.2 Å². The van der Waals surface area contributed by atoms with Gasteiger partial charge in [0.05, 0.1) is 6.10 Å². The molecular weight excluding hydrogens is 376 g/mol. The van der Waals surface area contributed by atoms with E-state index in [-0.39, 0.29) is 17.9 Å². The number of amides is 1. The number of hydrogen-bond donors (Lipinski definition) is 2. The van der Waals surface area contributed by atoms with Crippen molar-refractivity contribution in [2.75, 3.05) is 17.7 Å². The summed E-state index contributed by atoms with van der Waals surface area (Å²) in [6.07, 6.45) is 7.32. The number of ether oxygens (including phenoxy) is 1. The zero-order valence-corrected chi connectivity index (χ0v) is 17.0. The van der Waals surface area contributed by atoms with E-state index in [9.17, 15) is 4.79 Å². The van der Waals surface area contributed by atoms with Crippen LogP contribution >= 0.6 is 0 Å². The van der Waals surface area contributed by atoms with Crippen molar-refractivity contribution < 1.29 is 9.53 Å². The van der Waals surface area contributed by atoms with Crippen LogP contribution in [0.2, 0.25) is 0 Å². The van der Waals surface area contributed by atoms with E-state index >= 15 is 0 Å². The molecular formula is C24H26N4O2. The molecule has 1 fully saturated rings. The summed E-state index contributed by atoms with van der Waals surface area (Å²) in [5.74, 6) is 1.39. The zero-order valence-electron chi connectivity index (χ0n) is 17.0. The molecule has 30 heavy (non-hydrogen) atoms. The highest BCUT2D eigenvalue weighted by Gasteiger charge is 2.26. The highest BCUT2D eigenvalue weighted by atomic mass is 16.5. The highest BCUT2D eigenvalue weighted by Crippen LogP contribution is 2.28. The summed E-state index contributed by atoms with van der Waals surface area (Å²) in [5, 5.41) is 6.29. The number of carbonyl (C=O) groups is 1. The van der Waals surface area contributed by atoms with Crippen molar-refractivity contribution in [3.8, 4) is 11.1 Å². The number of rotatable bonds is 6. The maximum atomic E-state index is 12.7. The second kappa shape index (κ2) is 9.50. The Kier molecular flexibility index (Phi) is 6.35. The maximum absolute atomic E-state index is 12.7. The molecule has 1 aliphatic carbocycles. The average Bonchev–Trinajstić information content (AvgIpc) is 2.80. The van der Waals surface area contributed by atoms with Crippen LogP contribution in [0.25, 0.3) is 11.1 Å². The second-order valence-electron chi connectivity index (χ2n) is 7.55. The lowest BCUT2D eigenvalue weighted by Gasteiger charge is -2.26. The minimum absolute atomic E-state index is 0.0180. The van der Waals surface area contributed by atoms with Crippen LogP contribution in [0.4, 0.5) is 17.3 Å². The summed E-state index contributed by atoms with van der Waals surface area (Å²) in [5.41, 5.74) is 2.96. The molecule has 0 saturated heterocycles. The van der Waals surface area contributed by atoms with Gasteiger partial charge in [-0.3, -0.25) is 4.79 Å². The molecule has 1 saturated carbocycles. The number of aromatic nitrogens is 2. The minimum Gasteiger partial charge on any atom is -0.381 e. The zero-order chi connectivity index (χ0) is 20.8. The van der Waals surface area contributed by atoms with Gasteiger partial charge in [-0.25, -0.2) is 9.97 Å². The van der Waals surface area contributed by atoms with Crippen LogP contribution in [0, 0.1) is 5.92 Å². The Morgan fingerprint density at radius 3 is 2.20 bits per heavy atom. The van der Waals surface area contributed by atoms with Gasteiger partial charge < -0.3 is 15.4 Å². The second-order valence-corrected chi connectivity index (χ2v) is 7.55. The third-order valence-electron chi connectivity index (χ3n) is 5.53. The molecule has 2 heterocycles. The Labute approximate surface area is 176 Å². The third-order valence-corrected chi connectivity index (χ3v) is 5.53. The van der Waals surface area contributed by atoms with Crippen molar-refractivity contribution in [1.82, 2.24) is 9.97 Å². The molecule has 0 bridgehead atoms. The lowest BCUT2D eigenvalue weighted by atomic mass is 9.87. The van der Waals surface area contributed by atoms with E-state index in [0.29, 0.717) is 5.82 Å². The summed E-state index contributed by atoms with van der Waals surface area (Å²) in [4.78, 5) is 21.4. The summed E-state index contributed by atoms with van der Waals surface area (Å²) in [6.45, 7) is 0. The Balaban J connectivity index is 1.44. The first-order chi connectivity index (χ1) is 14.7. The number of anilines is 3. The van der Waals surface area contributed by atoms with Crippen molar-refractivity contribution in [2.24, 2.45) is 5.92 Å². The number of hydrogen-bond acceptors (Lipinski definition) is 5. The van der Waals surface area contributed by atoms with E-state index in [1.54, 1.807) is 19.5 Å². The van der Waals surface area contributed by atoms with Gasteiger partial charge in [-0.1, -0.05) is 18.2 Å². The Morgan fingerprint density at radius 1 is 0.900 bits per heavy atom. The third kappa shape index (κ3) is 5.02. The van der Waals surface area contributed by atoms with Crippen LogP contribution in [0.3, 0.4) is 0 Å². The highest BCUT2D eigenvalue weighted by molar-refractivity contribution is 5.92. The number of para-hydroxylation sites is 1. The van der Waals surface area contributed by atoms with E-state index in [1.807, 2.05) is 54.6 Å². The molecule has 1 aromatic carbocycles. The van der Waals surface area contributed by atoms with Gasteiger partial charge in [0.15, 0.2) is 0 Å². The van der Waals surface area contributed by atoms with E-state index in [4.69, 9.17) is 4.74 Å². The number of nitrogens with one attached hydrogen (secondary N) is 2. The Hall–Kier alpha value is -3.25. The molecule has 1 amide bonds. The monoisotopic (exact) mass is 402 g/mol. The van der Waals surface area contributed by atoms with Gasteiger partial charge in [0.2, 0.25) is 5.91 Å². The first-order valence-electron chi connectivity index (χ1n) is 10.3. The van der Waals surface area contributed by atoms with E-state index < -0.39 is 0 Å². The van der Waals surface area contributed by atoms with Crippen molar-refractivity contribution in [1.29, 1.82) is 0 Å². The number of carbonyl (C=O) groups excluding carboxylic acids is 1. The van der Waals surface area contributed by atoms with E-state index in [0.717, 1.165) is 48.3 Å². The Bertz CT molecular complexity index is 985. The normalized spacial score (nSPS) is 18.6. The molecule has 6 heteroatoms. The average molecular weight is 402 g/mol. The van der Waals surface area contributed by atoms with Gasteiger partial charge in [-0.2, -0.15) is 0 Å². The molecule has 0 aliphatic heterocycles. The fourth-order valence-corrected chi connectivity index (χ4v) is 3.82. The SMILES string of the molecule is CO[C@H]1CC[C@H](C(=O)Nc2cc(-c3ccnc(Nc4ccccc4)c3)ccn2)CC1. The molecule has 2 N–H and O–H groups in total. The molecule has 1 aliphatic rings. The summed E-state index contributed by atoms with van der Waals surface area (Å²) in [6, 6.07) is 17.7. The van der Waals surface area contributed by atoms with Crippen molar-refractivity contribution in [3.05, 3.63) is 67.0 Å². The van der Waals surface area contributed by atoms with Gasteiger partial charge in [0.1, 0.15) is 11.6 Å². The van der Waals surface area contributed by atoms with Gasteiger partial charge in [0.25, 0.3) is 0 Å². The molecule has 4 rings (SSSR count). The quantitative estimate of drug-likeness (QED) is 0.605. The molecule has 6 nitrogen and oxygen atoms in total. The number of methoxy groups -OCH3 is 1. The van der Waals surface area contributed by atoms with Crippen LogP contribution in [-0.2, 0) is 9.53 Å². The predicted molar refractivity (Wildman–Crippen MR) is 119 cm³/mol. The first kappa shape index (κ1) is 20.0. The number of benzene rings is 1. The molecule has 154 valence electrons. The number of pyridine rings is 2. The smallest absolute Gasteiger partial charge is 0.228 e. The summed E-state index contributed by atoms with van der Waals surface area (Å²) >= 11 is 0. The van der Waals surface area contributed by atoms with Gasteiger partial charge in [0, 0.05) is 31.1 Å². The van der Waals surface area contributed by atoms with Gasteiger partial charge in [-0.15, -0.1) is 0 Å². The van der Waals surface area contributed by atoms with Crippen LogP contribution in [0.1, 0.15) is 25.7 Å². The fourth-order valence-electron chi connectivity index (χ4n) is 3.82. The van der Waals surface area contributed by atoms with Crippen LogP contribution < -0.4 is 10.6 Å². The molecule has 0 spiro atoms. The van der Waals surface area contributed by atoms with Crippen molar-refractivity contribution in [3.63, 3.8) is 0 Å². The lowest BCUT2D eigenvalue weighted by Crippen LogP contribution is -2.29. The van der Waals surface area contributed by atoms with E-state index in [1.165, 1.54) is 0 Å². The van der Waals surface area contributed by atoms with Crippen LogP contribution in [0.5, 0.6) is 0 Å². The van der Waals surface area contributed by atoms with Crippen molar-refractivity contribution in [2.45, 2.75) is 31.8 Å². The van der Waals surface area contributed by atoms with Crippen LogP contribution in [0.15, 0.2) is 67.0 Å². The minimum atomic E-state index is 0.0180. The molecule has 3 aromatic rings. The molecule has 0 unspecified atom stereocenters. The maximum Gasteiger partial charge on any atom is 0.228 e. The first-order valence-corrected chi connectivity index (χ1v) is 10.3. The predicted octanol–water partition coefficient (Wildman–Crippen LogP) is 5.03. The lowest BCUT2D eigenvalue weighted by molar-refractivity contribution is -0.121. The van der Waals surface area contributed by atoms with Gasteiger partial charge >= 0.3 is 0 Å². The Morgan fingerprint density at radius 2 is 1.53 bits per heavy atom. The fraction of sp³-hybridized carbons (Fsp3) is 0.292. The number of nitrogens with zero attached hydrogens (tertiary/aromatic N) is 2. The van der Waals surface area contributed by atoms with Gasteiger partial charge in [-0.05, 0) is 73.2 Å². The standard InChI is InChI=1S/C24H26N4O2/c1-30-21-9-7-17(8-10-21)24(29)28-23-16-19(12-14-26-23)18-11-13-25-22(15-18)27-20-5-3-2-4-6-20/h2-6,11-17,21H,7-10H2,1H3,(H,25,27)(H,26,28,29)/t17-,21-. The largest absolute Gasteiger partial charge is 0.381 e. The molecule has 2 aromatic heterocycles. The summed E-state index contributed by atoms with van der Waals surface area (Å²) in [7, 11) is 1.74. The van der Waals surface area contributed by atoms with E-state index in [2.05, 4.69) is 20.6 Å². The molecule has 0 atom stereocenters. The summed E-state index contributed by atoms with van der Waals surface area (Å²) < 4.78 is 5.39. The topological polar surface area (TPSA) is 76.1 Å². The molecule has 0 radical (unpaired) electrons. The van der Waals surface area contributed by atoms with Crippen LogP contribution in [-0.4, -0.2) is 29.1 Å².